The summed E-state index contributed by atoms with van der Waals surface area (Å²) < 4.78 is 10.6. The normalized spacial score (nSPS) is 11.2. The highest BCUT2D eigenvalue weighted by Crippen LogP contribution is 2.17. The molecule has 3 aromatic rings. The predicted octanol–water partition coefficient (Wildman–Crippen LogP) is 3.74. The molecule has 0 unspecified atom stereocenters. The maximum Gasteiger partial charge on any atom is 0.241 e. The monoisotopic (exact) mass is 297 g/mol. The van der Waals surface area contributed by atoms with Gasteiger partial charge in [0.1, 0.15) is 0 Å². The molecule has 0 bridgehead atoms. The number of furan rings is 1. The highest BCUT2D eigenvalue weighted by molar-refractivity contribution is 5.44. The van der Waals surface area contributed by atoms with Crippen molar-refractivity contribution in [1.29, 1.82) is 0 Å². The van der Waals surface area contributed by atoms with E-state index in [0.717, 1.165) is 19.5 Å². The van der Waals surface area contributed by atoms with Crippen molar-refractivity contribution in [3.05, 3.63) is 60.2 Å². The first-order chi connectivity index (χ1) is 10.8. The summed E-state index contributed by atoms with van der Waals surface area (Å²) in [7, 11) is 0. The van der Waals surface area contributed by atoms with Gasteiger partial charge in [0, 0.05) is 6.54 Å². The standard InChI is InChI=1S/C17H19N3O2/c1-2-10-20(12-14-7-4-3-5-8-14)13-16-18-17(19-22-16)15-9-6-11-21-15/h3-9,11H,2,10,12-13H2,1H3. The van der Waals surface area contributed by atoms with Gasteiger partial charge < -0.3 is 8.94 Å². The van der Waals surface area contributed by atoms with E-state index in [4.69, 9.17) is 8.94 Å². The second kappa shape index (κ2) is 7.04. The van der Waals surface area contributed by atoms with Crippen LogP contribution in [0.5, 0.6) is 0 Å². The molecule has 0 aliphatic heterocycles. The van der Waals surface area contributed by atoms with E-state index in [-0.39, 0.29) is 0 Å². The average molecular weight is 297 g/mol. The molecule has 5 nitrogen and oxygen atoms in total. The number of rotatable bonds is 7. The molecule has 2 aromatic heterocycles. The van der Waals surface area contributed by atoms with E-state index >= 15 is 0 Å². The highest BCUT2D eigenvalue weighted by Gasteiger charge is 2.14. The SMILES string of the molecule is CCCN(Cc1ccccc1)Cc1nc(-c2ccco2)no1. The van der Waals surface area contributed by atoms with Gasteiger partial charge in [-0.1, -0.05) is 42.4 Å². The Hall–Kier alpha value is -2.40. The number of benzene rings is 1. The minimum Gasteiger partial charge on any atom is -0.461 e. The van der Waals surface area contributed by atoms with Gasteiger partial charge in [-0.15, -0.1) is 0 Å². The summed E-state index contributed by atoms with van der Waals surface area (Å²) in [5.74, 6) is 1.73. The van der Waals surface area contributed by atoms with Crippen LogP contribution < -0.4 is 0 Å². The van der Waals surface area contributed by atoms with Crippen LogP contribution in [0.3, 0.4) is 0 Å². The lowest BCUT2D eigenvalue weighted by Crippen LogP contribution is -2.23. The van der Waals surface area contributed by atoms with Crippen molar-refractivity contribution in [3.8, 4) is 11.6 Å². The molecular formula is C17H19N3O2. The minimum absolute atomic E-state index is 0.496. The summed E-state index contributed by atoms with van der Waals surface area (Å²) >= 11 is 0. The summed E-state index contributed by atoms with van der Waals surface area (Å²) in [6.45, 7) is 4.65. The Morgan fingerprint density at radius 3 is 2.64 bits per heavy atom. The molecule has 3 rings (SSSR count). The molecule has 114 valence electrons. The second-order valence-corrected chi connectivity index (χ2v) is 5.19. The van der Waals surface area contributed by atoms with Gasteiger partial charge in [0.25, 0.3) is 0 Å². The third-order valence-corrected chi connectivity index (χ3v) is 3.36. The lowest BCUT2D eigenvalue weighted by Gasteiger charge is -2.19. The fourth-order valence-corrected chi connectivity index (χ4v) is 2.39. The van der Waals surface area contributed by atoms with Crippen molar-refractivity contribution >= 4 is 0 Å². The first kappa shape index (κ1) is 14.5. The Morgan fingerprint density at radius 2 is 1.91 bits per heavy atom. The van der Waals surface area contributed by atoms with Crippen LogP contribution >= 0.6 is 0 Å². The minimum atomic E-state index is 0.496. The van der Waals surface area contributed by atoms with E-state index in [1.54, 1.807) is 6.26 Å². The van der Waals surface area contributed by atoms with Crippen LogP contribution in [0.25, 0.3) is 11.6 Å². The zero-order valence-electron chi connectivity index (χ0n) is 12.6. The van der Waals surface area contributed by atoms with Crippen molar-refractivity contribution in [2.75, 3.05) is 6.54 Å². The molecule has 1 aromatic carbocycles. The fraction of sp³-hybridized carbons (Fsp3) is 0.294. The van der Waals surface area contributed by atoms with Crippen LogP contribution in [0.1, 0.15) is 24.8 Å². The zero-order valence-corrected chi connectivity index (χ0v) is 12.6. The van der Waals surface area contributed by atoms with Crippen molar-refractivity contribution in [2.45, 2.75) is 26.4 Å². The van der Waals surface area contributed by atoms with Gasteiger partial charge in [-0.25, -0.2) is 0 Å². The highest BCUT2D eigenvalue weighted by atomic mass is 16.5. The third-order valence-electron chi connectivity index (χ3n) is 3.36. The largest absolute Gasteiger partial charge is 0.461 e. The molecule has 2 heterocycles. The summed E-state index contributed by atoms with van der Waals surface area (Å²) in [4.78, 5) is 6.70. The molecule has 0 spiro atoms. The van der Waals surface area contributed by atoms with E-state index in [2.05, 4.69) is 46.2 Å². The van der Waals surface area contributed by atoms with E-state index in [1.165, 1.54) is 5.56 Å². The topological polar surface area (TPSA) is 55.3 Å². The molecule has 0 aliphatic carbocycles. The first-order valence-corrected chi connectivity index (χ1v) is 7.48. The smallest absolute Gasteiger partial charge is 0.241 e. The number of hydrogen-bond donors (Lipinski definition) is 0. The van der Waals surface area contributed by atoms with E-state index in [1.807, 2.05) is 18.2 Å². The van der Waals surface area contributed by atoms with E-state index in [0.29, 0.717) is 24.0 Å². The number of nitrogens with zero attached hydrogens (tertiary/aromatic N) is 3. The first-order valence-electron chi connectivity index (χ1n) is 7.48. The molecular weight excluding hydrogens is 278 g/mol. The van der Waals surface area contributed by atoms with Gasteiger partial charge in [0.15, 0.2) is 5.76 Å². The van der Waals surface area contributed by atoms with Crippen LogP contribution in [0.15, 0.2) is 57.7 Å². The van der Waals surface area contributed by atoms with Crippen molar-refractivity contribution in [2.24, 2.45) is 0 Å². The van der Waals surface area contributed by atoms with Crippen LogP contribution in [0.4, 0.5) is 0 Å². The van der Waals surface area contributed by atoms with Crippen LogP contribution in [-0.4, -0.2) is 21.6 Å². The summed E-state index contributed by atoms with van der Waals surface area (Å²) in [5.41, 5.74) is 1.28. The Morgan fingerprint density at radius 1 is 1.05 bits per heavy atom. The van der Waals surface area contributed by atoms with Gasteiger partial charge in [0.05, 0.1) is 12.8 Å². The Balaban J connectivity index is 1.68. The summed E-state index contributed by atoms with van der Waals surface area (Å²) in [6, 6.07) is 14.0. The molecule has 0 atom stereocenters. The molecule has 0 radical (unpaired) electrons. The van der Waals surface area contributed by atoms with Crippen molar-refractivity contribution in [3.63, 3.8) is 0 Å². The lowest BCUT2D eigenvalue weighted by molar-refractivity contribution is 0.219. The molecule has 0 fully saturated rings. The van der Waals surface area contributed by atoms with Crippen LogP contribution in [-0.2, 0) is 13.1 Å². The van der Waals surface area contributed by atoms with Gasteiger partial charge in [-0.3, -0.25) is 4.90 Å². The van der Waals surface area contributed by atoms with Gasteiger partial charge >= 0.3 is 0 Å². The lowest BCUT2D eigenvalue weighted by atomic mass is 10.2. The Kier molecular flexibility index (Phi) is 4.65. The van der Waals surface area contributed by atoms with E-state index < -0.39 is 0 Å². The van der Waals surface area contributed by atoms with Crippen molar-refractivity contribution < 1.29 is 8.94 Å². The van der Waals surface area contributed by atoms with Crippen molar-refractivity contribution in [1.82, 2.24) is 15.0 Å². The third kappa shape index (κ3) is 3.62. The Bertz CT molecular complexity index is 677. The molecule has 0 saturated heterocycles. The predicted molar refractivity (Wildman–Crippen MR) is 82.8 cm³/mol. The van der Waals surface area contributed by atoms with Gasteiger partial charge in [-0.05, 0) is 30.7 Å². The fourth-order valence-electron chi connectivity index (χ4n) is 2.39. The van der Waals surface area contributed by atoms with E-state index in [9.17, 15) is 0 Å². The quantitative estimate of drug-likeness (QED) is 0.665. The summed E-state index contributed by atoms with van der Waals surface area (Å²) in [5, 5.41) is 3.97. The van der Waals surface area contributed by atoms with Gasteiger partial charge in [-0.2, -0.15) is 4.98 Å². The average Bonchev–Trinajstić information content (AvgIpc) is 3.19. The second-order valence-electron chi connectivity index (χ2n) is 5.19. The maximum atomic E-state index is 5.34. The molecule has 22 heavy (non-hydrogen) atoms. The Labute approximate surface area is 129 Å². The number of hydrogen-bond acceptors (Lipinski definition) is 5. The molecule has 0 amide bonds. The molecule has 0 saturated carbocycles. The zero-order chi connectivity index (χ0) is 15.2. The summed E-state index contributed by atoms with van der Waals surface area (Å²) in [6.07, 6.45) is 2.68. The van der Waals surface area contributed by atoms with Gasteiger partial charge in [0.2, 0.25) is 11.7 Å². The molecule has 0 aliphatic rings. The number of aromatic nitrogens is 2. The molecule has 5 heteroatoms. The van der Waals surface area contributed by atoms with Crippen LogP contribution in [0.2, 0.25) is 0 Å². The van der Waals surface area contributed by atoms with Crippen LogP contribution in [0, 0.1) is 0 Å². The maximum absolute atomic E-state index is 5.34. The molecule has 0 N–H and O–H groups in total.